The van der Waals surface area contributed by atoms with Gasteiger partial charge in [0.2, 0.25) is 10.0 Å². The van der Waals surface area contributed by atoms with Crippen molar-refractivity contribution in [1.29, 1.82) is 0 Å². The minimum absolute atomic E-state index is 0.215. The summed E-state index contributed by atoms with van der Waals surface area (Å²) in [6.07, 6.45) is 6.24. The zero-order valence-electron chi connectivity index (χ0n) is 18.7. The highest BCUT2D eigenvalue weighted by molar-refractivity contribution is 7.89. The Hall–Kier alpha value is -2.25. The number of hydrogen-bond acceptors (Lipinski definition) is 4. The van der Waals surface area contributed by atoms with E-state index in [4.69, 9.17) is 4.98 Å². The largest absolute Gasteiger partial charge is 0.309 e. The van der Waals surface area contributed by atoms with Crippen LogP contribution in [0.15, 0.2) is 47.5 Å². The molecule has 1 aliphatic rings. The highest BCUT2D eigenvalue weighted by atomic mass is 32.2. The molecule has 0 aliphatic carbocycles. The molecule has 1 aromatic carbocycles. The van der Waals surface area contributed by atoms with Crippen molar-refractivity contribution in [2.24, 2.45) is 5.92 Å². The molecule has 3 heterocycles. The van der Waals surface area contributed by atoms with E-state index in [1.54, 1.807) is 16.4 Å². The zero-order valence-corrected chi connectivity index (χ0v) is 19.5. The predicted molar refractivity (Wildman–Crippen MR) is 124 cm³/mol. The lowest BCUT2D eigenvalue weighted by atomic mass is 10.1. The summed E-state index contributed by atoms with van der Waals surface area (Å²) in [5, 5.41) is 0. The van der Waals surface area contributed by atoms with Crippen molar-refractivity contribution in [2.45, 2.75) is 63.8 Å². The summed E-state index contributed by atoms with van der Waals surface area (Å²) < 4.78 is 30.2. The Balaban J connectivity index is 1.53. The average molecular weight is 441 g/mol. The number of aryl methyl sites for hydroxylation is 1. The van der Waals surface area contributed by atoms with Gasteiger partial charge in [0.05, 0.1) is 4.90 Å². The fourth-order valence-electron chi connectivity index (χ4n) is 4.48. The molecule has 1 saturated heterocycles. The molecule has 31 heavy (non-hydrogen) atoms. The van der Waals surface area contributed by atoms with Gasteiger partial charge in [0.25, 0.3) is 0 Å². The average Bonchev–Trinajstić information content (AvgIpc) is 3.11. The lowest BCUT2D eigenvalue weighted by Gasteiger charge is -2.32. The Morgan fingerprint density at radius 3 is 2.45 bits per heavy atom. The van der Waals surface area contributed by atoms with Gasteiger partial charge in [0, 0.05) is 31.7 Å². The molecule has 2 aromatic heterocycles. The van der Waals surface area contributed by atoms with Crippen LogP contribution in [0.25, 0.3) is 11.2 Å². The molecule has 0 spiro atoms. The van der Waals surface area contributed by atoms with Gasteiger partial charge in [-0.2, -0.15) is 4.31 Å². The molecule has 166 valence electrons. The predicted octanol–water partition coefficient (Wildman–Crippen LogP) is 4.61. The van der Waals surface area contributed by atoms with E-state index in [0.29, 0.717) is 23.9 Å². The standard InChI is InChI=1S/C24H32N4O2S/c1-4-6-19-8-10-21(11-9-19)31(29,30)27-15-12-20(13-16-27)28-23(17-18(2)3)26-22-7-5-14-25-24(22)28/h5,7-11,14,18,20H,4,6,12-13,15-17H2,1-3H3. The first-order valence-corrected chi connectivity index (χ1v) is 12.7. The second kappa shape index (κ2) is 9.09. The zero-order chi connectivity index (χ0) is 22.0. The Bertz CT molecular complexity index is 1130. The molecule has 0 bridgehead atoms. The lowest BCUT2D eigenvalue weighted by Crippen LogP contribution is -2.39. The van der Waals surface area contributed by atoms with Crippen LogP contribution >= 0.6 is 0 Å². The molecule has 6 nitrogen and oxygen atoms in total. The second-order valence-electron chi connectivity index (χ2n) is 8.87. The van der Waals surface area contributed by atoms with E-state index in [1.807, 2.05) is 30.5 Å². The van der Waals surface area contributed by atoms with E-state index in [2.05, 4.69) is 30.3 Å². The van der Waals surface area contributed by atoms with Gasteiger partial charge < -0.3 is 4.57 Å². The Morgan fingerprint density at radius 2 is 1.81 bits per heavy atom. The first-order valence-electron chi connectivity index (χ1n) is 11.3. The fourth-order valence-corrected chi connectivity index (χ4v) is 5.95. The van der Waals surface area contributed by atoms with E-state index in [9.17, 15) is 8.42 Å². The highest BCUT2D eigenvalue weighted by Crippen LogP contribution is 2.31. The molecule has 0 N–H and O–H groups in total. The van der Waals surface area contributed by atoms with Crippen molar-refractivity contribution < 1.29 is 8.42 Å². The van der Waals surface area contributed by atoms with Crippen LogP contribution in [0.2, 0.25) is 0 Å². The van der Waals surface area contributed by atoms with Gasteiger partial charge in [-0.25, -0.2) is 18.4 Å². The van der Waals surface area contributed by atoms with Gasteiger partial charge >= 0.3 is 0 Å². The normalized spacial score (nSPS) is 16.4. The summed E-state index contributed by atoms with van der Waals surface area (Å²) in [4.78, 5) is 9.82. The smallest absolute Gasteiger partial charge is 0.243 e. The van der Waals surface area contributed by atoms with E-state index >= 15 is 0 Å². The van der Waals surface area contributed by atoms with E-state index < -0.39 is 10.0 Å². The van der Waals surface area contributed by atoms with Gasteiger partial charge in [-0.3, -0.25) is 0 Å². The molecule has 3 aromatic rings. The van der Waals surface area contributed by atoms with Crippen molar-refractivity contribution in [1.82, 2.24) is 18.8 Å². The van der Waals surface area contributed by atoms with Crippen molar-refractivity contribution in [3.63, 3.8) is 0 Å². The molecule has 1 fully saturated rings. The number of aromatic nitrogens is 3. The van der Waals surface area contributed by atoms with Crippen LogP contribution in [-0.2, 0) is 22.9 Å². The first-order chi connectivity index (χ1) is 14.9. The summed E-state index contributed by atoms with van der Waals surface area (Å²) in [7, 11) is -3.46. The number of sulfonamides is 1. The number of piperidine rings is 1. The maximum Gasteiger partial charge on any atom is 0.243 e. The van der Waals surface area contributed by atoms with E-state index in [1.165, 1.54) is 5.56 Å². The summed E-state index contributed by atoms with van der Waals surface area (Å²) >= 11 is 0. The molecule has 7 heteroatoms. The van der Waals surface area contributed by atoms with Crippen molar-refractivity contribution >= 4 is 21.2 Å². The van der Waals surface area contributed by atoms with Crippen LogP contribution in [0, 0.1) is 5.92 Å². The highest BCUT2D eigenvalue weighted by Gasteiger charge is 2.31. The third kappa shape index (κ3) is 4.53. The molecule has 4 rings (SSSR count). The maximum absolute atomic E-state index is 13.2. The Morgan fingerprint density at radius 1 is 1.10 bits per heavy atom. The number of fused-ring (bicyclic) bond motifs is 1. The van der Waals surface area contributed by atoms with Crippen LogP contribution in [0.5, 0.6) is 0 Å². The quantitative estimate of drug-likeness (QED) is 0.538. The van der Waals surface area contributed by atoms with Crippen LogP contribution in [0.4, 0.5) is 0 Å². The summed E-state index contributed by atoms with van der Waals surface area (Å²) in [5.41, 5.74) is 3.00. The molecule has 0 amide bonds. The molecule has 0 radical (unpaired) electrons. The number of imidazole rings is 1. The molecular formula is C24H32N4O2S. The van der Waals surface area contributed by atoms with Gasteiger partial charge in [0.1, 0.15) is 11.3 Å². The van der Waals surface area contributed by atoms with Crippen LogP contribution in [-0.4, -0.2) is 40.3 Å². The number of nitrogens with zero attached hydrogens (tertiary/aromatic N) is 4. The summed E-state index contributed by atoms with van der Waals surface area (Å²) in [6.45, 7) is 7.53. The van der Waals surface area contributed by atoms with Crippen molar-refractivity contribution in [2.75, 3.05) is 13.1 Å². The minimum Gasteiger partial charge on any atom is -0.309 e. The topological polar surface area (TPSA) is 68.1 Å². The van der Waals surface area contributed by atoms with Gasteiger partial charge in [0.15, 0.2) is 5.65 Å². The van der Waals surface area contributed by atoms with E-state index in [0.717, 1.165) is 49.1 Å². The molecule has 0 atom stereocenters. The third-order valence-electron chi connectivity index (χ3n) is 6.00. The molecule has 1 aliphatic heterocycles. The maximum atomic E-state index is 13.2. The van der Waals surface area contributed by atoms with Crippen LogP contribution in [0.1, 0.15) is 57.5 Å². The van der Waals surface area contributed by atoms with Gasteiger partial charge in [-0.15, -0.1) is 0 Å². The Kier molecular flexibility index (Phi) is 6.44. The van der Waals surface area contributed by atoms with Crippen LogP contribution < -0.4 is 0 Å². The lowest BCUT2D eigenvalue weighted by molar-refractivity contribution is 0.272. The second-order valence-corrected chi connectivity index (χ2v) is 10.8. The summed E-state index contributed by atoms with van der Waals surface area (Å²) in [6, 6.07) is 11.5. The number of benzene rings is 1. The minimum atomic E-state index is -3.46. The third-order valence-corrected chi connectivity index (χ3v) is 7.91. The first kappa shape index (κ1) is 22.0. The SMILES string of the molecule is CCCc1ccc(S(=O)(=O)N2CCC(n3c(CC(C)C)nc4cccnc43)CC2)cc1. The Labute approximate surface area is 185 Å². The van der Waals surface area contributed by atoms with Crippen LogP contribution in [0.3, 0.4) is 0 Å². The molecule has 0 unspecified atom stereocenters. The van der Waals surface area contributed by atoms with E-state index in [-0.39, 0.29) is 6.04 Å². The molecular weight excluding hydrogens is 408 g/mol. The molecule has 0 saturated carbocycles. The van der Waals surface area contributed by atoms with Crippen molar-refractivity contribution in [3.8, 4) is 0 Å². The number of rotatable bonds is 7. The monoisotopic (exact) mass is 440 g/mol. The van der Waals surface area contributed by atoms with Gasteiger partial charge in [-0.05, 0) is 55.0 Å². The van der Waals surface area contributed by atoms with Crippen molar-refractivity contribution in [3.05, 3.63) is 54.0 Å². The fraction of sp³-hybridized carbons (Fsp3) is 0.500. The van der Waals surface area contributed by atoms with Gasteiger partial charge in [-0.1, -0.05) is 39.3 Å². The number of pyridine rings is 1. The number of hydrogen-bond donors (Lipinski definition) is 0. The summed E-state index contributed by atoms with van der Waals surface area (Å²) in [5.74, 6) is 1.54.